The van der Waals surface area contributed by atoms with Crippen molar-refractivity contribution in [1.29, 1.82) is 0 Å². The lowest BCUT2D eigenvalue weighted by molar-refractivity contribution is -0.386. The first-order valence-electron chi connectivity index (χ1n) is 4.36. The SMILES string of the molecule is CCc1c(C(F)(F)F)[nH]c(=O)c([N+](=O)[O-])c1Cl. The molecule has 0 aliphatic carbocycles. The molecule has 0 spiro atoms. The maximum Gasteiger partial charge on any atom is 0.431 e. The summed E-state index contributed by atoms with van der Waals surface area (Å²) >= 11 is 5.46. The number of nitrogens with one attached hydrogen (secondary N) is 1. The molecule has 94 valence electrons. The van der Waals surface area contributed by atoms with Crippen LogP contribution in [0.4, 0.5) is 18.9 Å². The number of alkyl halides is 3. The van der Waals surface area contributed by atoms with Crippen LogP contribution in [0.15, 0.2) is 4.79 Å². The van der Waals surface area contributed by atoms with Crippen LogP contribution < -0.4 is 5.56 Å². The summed E-state index contributed by atoms with van der Waals surface area (Å²) in [6, 6.07) is 0. The third kappa shape index (κ3) is 2.41. The second kappa shape index (κ2) is 4.36. The fourth-order valence-electron chi connectivity index (χ4n) is 1.34. The quantitative estimate of drug-likeness (QED) is 0.663. The largest absolute Gasteiger partial charge is 0.431 e. The normalized spacial score (nSPS) is 11.6. The van der Waals surface area contributed by atoms with Gasteiger partial charge in [0.2, 0.25) is 0 Å². The zero-order valence-electron chi connectivity index (χ0n) is 8.39. The highest BCUT2D eigenvalue weighted by atomic mass is 35.5. The van der Waals surface area contributed by atoms with Crippen LogP contribution in [0.3, 0.4) is 0 Å². The standard InChI is InChI=1S/C8H6ClF3N2O3/c1-2-3-4(9)5(14(16)17)7(15)13-6(3)8(10,11)12/h2H2,1H3,(H,13,15). The highest BCUT2D eigenvalue weighted by molar-refractivity contribution is 6.33. The minimum absolute atomic E-state index is 0.189. The zero-order valence-corrected chi connectivity index (χ0v) is 9.15. The molecule has 0 saturated carbocycles. The van der Waals surface area contributed by atoms with Crippen LogP contribution in [0, 0.1) is 10.1 Å². The zero-order chi connectivity index (χ0) is 13.4. The number of aromatic amines is 1. The number of H-pyrrole nitrogens is 1. The van der Waals surface area contributed by atoms with E-state index in [2.05, 4.69) is 0 Å². The molecule has 0 aliphatic rings. The second-order valence-corrected chi connectivity index (χ2v) is 3.46. The molecule has 0 amide bonds. The predicted octanol–water partition coefficient (Wildman–Crippen LogP) is 2.52. The predicted molar refractivity (Wildman–Crippen MR) is 53.1 cm³/mol. The Labute approximate surface area is 97.4 Å². The van der Waals surface area contributed by atoms with Crippen molar-refractivity contribution in [2.75, 3.05) is 0 Å². The summed E-state index contributed by atoms with van der Waals surface area (Å²) in [4.78, 5) is 22.0. The van der Waals surface area contributed by atoms with Crippen LogP contribution in [-0.2, 0) is 12.6 Å². The molecule has 17 heavy (non-hydrogen) atoms. The number of hydrogen-bond donors (Lipinski definition) is 1. The Bertz CT molecular complexity index is 524. The van der Waals surface area contributed by atoms with Crippen molar-refractivity contribution < 1.29 is 18.1 Å². The molecule has 0 radical (unpaired) electrons. The number of hydrogen-bond acceptors (Lipinski definition) is 3. The van der Waals surface area contributed by atoms with Crippen LogP contribution in [0.1, 0.15) is 18.2 Å². The first-order chi connectivity index (χ1) is 7.70. The van der Waals surface area contributed by atoms with Crippen molar-refractivity contribution in [3.8, 4) is 0 Å². The highest BCUT2D eigenvalue weighted by Crippen LogP contribution is 2.35. The van der Waals surface area contributed by atoms with Gasteiger partial charge in [-0.2, -0.15) is 13.2 Å². The first kappa shape index (κ1) is 13.5. The van der Waals surface area contributed by atoms with Crippen LogP contribution in [0.2, 0.25) is 5.02 Å². The molecule has 0 fully saturated rings. The van der Waals surface area contributed by atoms with Gasteiger partial charge in [-0.1, -0.05) is 18.5 Å². The van der Waals surface area contributed by atoms with E-state index in [9.17, 15) is 28.1 Å². The Morgan fingerprint density at radius 3 is 2.35 bits per heavy atom. The van der Waals surface area contributed by atoms with E-state index < -0.39 is 38.6 Å². The third-order valence-corrected chi connectivity index (χ3v) is 2.45. The molecule has 1 aromatic rings. The number of pyridine rings is 1. The highest BCUT2D eigenvalue weighted by Gasteiger charge is 2.38. The van der Waals surface area contributed by atoms with Crippen molar-refractivity contribution in [3.05, 3.63) is 36.7 Å². The van der Waals surface area contributed by atoms with Gasteiger partial charge in [0.1, 0.15) is 10.7 Å². The van der Waals surface area contributed by atoms with E-state index in [1.807, 2.05) is 0 Å². The van der Waals surface area contributed by atoms with E-state index in [4.69, 9.17) is 11.6 Å². The van der Waals surface area contributed by atoms with Crippen LogP contribution in [-0.4, -0.2) is 9.91 Å². The molecule has 0 aliphatic heterocycles. The fraction of sp³-hybridized carbons (Fsp3) is 0.375. The summed E-state index contributed by atoms with van der Waals surface area (Å²) < 4.78 is 37.6. The molecular formula is C8H6ClF3N2O3. The van der Waals surface area contributed by atoms with Gasteiger partial charge in [0.05, 0.1) is 4.92 Å². The summed E-state index contributed by atoms with van der Waals surface area (Å²) in [5, 5.41) is 9.72. The van der Waals surface area contributed by atoms with Gasteiger partial charge < -0.3 is 4.98 Å². The van der Waals surface area contributed by atoms with E-state index in [-0.39, 0.29) is 6.42 Å². The fourth-order valence-corrected chi connectivity index (χ4v) is 1.72. The van der Waals surface area contributed by atoms with Crippen molar-refractivity contribution in [3.63, 3.8) is 0 Å². The van der Waals surface area contributed by atoms with E-state index in [1.54, 1.807) is 0 Å². The van der Waals surface area contributed by atoms with Crippen molar-refractivity contribution in [2.24, 2.45) is 0 Å². The lowest BCUT2D eigenvalue weighted by atomic mass is 10.1. The number of nitrogens with zero attached hydrogens (tertiary/aromatic N) is 1. The molecule has 9 heteroatoms. The summed E-state index contributed by atoms with van der Waals surface area (Å²) in [6.07, 6.45) is -5.01. The van der Waals surface area contributed by atoms with Crippen LogP contribution in [0.25, 0.3) is 0 Å². The molecule has 1 N–H and O–H groups in total. The lowest BCUT2D eigenvalue weighted by Gasteiger charge is -2.12. The molecule has 0 saturated heterocycles. The average molecular weight is 271 g/mol. The van der Waals surface area contributed by atoms with Gasteiger partial charge in [-0.3, -0.25) is 14.9 Å². The summed E-state index contributed by atoms with van der Waals surface area (Å²) in [6.45, 7) is 1.35. The van der Waals surface area contributed by atoms with E-state index in [0.717, 1.165) is 0 Å². The Morgan fingerprint density at radius 2 is 2.00 bits per heavy atom. The molecule has 5 nitrogen and oxygen atoms in total. The van der Waals surface area contributed by atoms with Gasteiger partial charge in [-0.25, -0.2) is 0 Å². The Balaban J connectivity index is 3.71. The number of rotatable bonds is 2. The van der Waals surface area contributed by atoms with Gasteiger partial charge in [0, 0.05) is 5.56 Å². The molecule has 1 aromatic heterocycles. The topological polar surface area (TPSA) is 76.0 Å². The summed E-state index contributed by atoms with van der Waals surface area (Å²) in [5.74, 6) is 0. The Kier molecular flexibility index (Phi) is 3.46. The van der Waals surface area contributed by atoms with E-state index in [0.29, 0.717) is 0 Å². The van der Waals surface area contributed by atoms with Crippen LogP contribution >= 0.6 is 11.6 Å². The van der Waals surface area contributed by atoms with Crippen LogP contribution in [0.5, 0.6) is 0 Å². The Hall–Kier alpha value is -1.57. The number of halogens is 4. The molecular weight excluding hydrogens is 265 g/mol. The summed E-state index contributed by atoms with van der Waals surface area (Å²) in [7, 11) is 0. The maximum absolute atomic E-state index is 12.5. The molecule has 1 rings (SSSR count). The second-order valence-electron chi connectivity index (χ2n) is 3.08. The van der Waals surface area contributed by atoms with Crippen molar-refractivity contribution in [1.82, 2.24) is 4.98 Å². The monoisotopic (exact) mass is 270 g/mol. The average Bonchev–Trinajstić information content (AvgIpc) is 2.14. The van der Waals surface area contributed by atoms with Gasteiger partial charge >= 0.3 is 17.4 Å². The van der Waals surface area contributed by atoms with Gasteiger partial charge in [-0.15, -0.1) is 0 Å². The van der Waals surface area contributed by atoms with E-state index in [1.165, 1.54) is 11.9 Å². The minimum Gasteiger partial charge on any atom is -0.312 e. The molecule has 0 bridgehead atoms. The molecule has 1 heterocycles. The molecule has 0 aromatic carbocycles. The van der Waals surface area contributed by atoms with Gasteiger partial charge in [0.15, 0.2) is 0 Å². The van der Waals surface area contributed by atoms with Crippen molar-refractivity contribution >= 4 is 17.3 Å². The minimum atomic E-state index is -4.82. The van der Waals surface area contributed by atoms with Gasteiger partial charge in [-0.05, 0) is 6.42 Å². The lowest BCUT2D eigenvalue weighted by Crippen LogP contribution is -2.22. The molecule has 0 atom stereocenters. The Morgan fingerprint density at radius 1 is 1.47 bits per heavy atom. The number of aromatic nitrogens is 1. The van der Waals surface area contributed by atoms with Crippen molar-refractivity contribution in [2.45, 2.75) is 19.5 Å². The molecule has 0 unspecified atom stereocenters. The third-order valence-electron chi connectivity index (χ3n) is 2.05. The first-order valence-corrected chi connectivity index (χ1v) is 4.74. The summed E-state index contributed by atoms with van der Waals surface area (Å²) in [5.41, 5.74) is -4.38. The maximum atomic E-state index is 12.5. The van der Waals surface area contributed by atoms with E-state index >= 15 is 0 Å². The van der Waals surface area contributed by atoms with Gasteiger partial charge in [0.25, 0.3) is 0 Å². The smallest absolute Gasteiger partial charge is 0.312 e. The number of nitro groups is 1.